The second-order valence-electron chi connectivity index (χ2n) is 6.97. The van der Waals surface area contributed by atoms with Gasteiger partial charge in [-0.1, -0.05) is 12.8 Å². The van der Waals surface area contributed by atoms with E-state index in [2.05, 4.69) is 10.3 Å². The molecule has 1 spiro atoms. The van der Waals surface area contributed by atoms with E-state index < -0.39 is 0 Å². The van der Waals surface area contributed by atoms with Gasteiger partial charge in [0.15, 0.2) is 3.95 Å². The second kappa shape index (κ2) is 5.42. The van der Waals surface area contributed by atoms with Crippen molar-refractivity contribution in [3.63, 3.8) is 0 Å². The minimum atomic E-state index is 0.134. The Bertz CT molecular complexity index is 645. The van der Waals surface area contributed by atoms with Crippen molar-refractivity contribution in [3.8, 4) is 0 Å². The van der Waals surface area contributed by atoms with E-state index in [0.717, 1.165) is 27.6 Å². The third-order valence-electron chi connectivity index (χ3n) is 5.85. The molecule has 120 valence electrons. The smallest absolute Gasteiger partial charge is 0.225 e. The molecule has 1 aromatic heterocycles. The highest BCUT2D eigenvalue weighted by atomic mass is 32.1. The van der Waals surface area contributed by atoms with Crippen LogP contribution in [0.2, 0.25) is 0 Å². The minimum absolute atomic E-state index is 0.134. The third kappa shape index (κ3) is 2.19. The molecule has 2 N–H and O–H groups in total. The van der Waals surface area contributed by atoms with Crippen LogP contribution in [0.25, 0.3) is 0 Å². The number of hydrogen-bond acceptors (Lipinski definition) is 4. The van der Waals surface area contributed by atoms with Gasteiger partial charge in [-0.15, -0.1) is 11.3 Å². The fourth-order valence-corrected chi connectivity index (χ4v) is 6.17. The van der Waals surface area contributed by atoms with E-state index in [1.165, 1.54) is 37.0 Å². The van der Waals surface area contributed by atoms with E-state index in [0.29, 0.717) is 24.5 Å². The van der Waals surface area contributed by atoms with E-state index in [4.69, 9.17) is 17.0 Å². The number of aromatic nitrogens is 1. The number of carbonyl (C=O) groups is 1. The van der Waals surface area contributed by atoms with Crippen molar-refractivity contribution in [2.75, 3.05) is 6.61 Å². The maximum atomic E-state index is 12.5. The van der Waals surface area contributed by atoms with E-state index in [1.54, 1.807) is 0 Å². The summed E-state index contributed by atoms with van der Waals surface area (Å²) in [6.07, 6.45) is 6.90. The molecule has 4 nitrogen and oxygen atoms in total. The van der Waals surface area contributed by atoms with E-state index in [9.17, 15) is 4.79 Å². The van der Waals surface area contributed by atoms with Gasteiger partial charge in [-0.25, -0.2) is 0 Å². The van der Waals surface area contributed by atoms with Crippen molar-refractivity contribution in [2.45, 2.75) is 57.6 Å². The fourth-order valence-electron chi connectivity index (χ4n) is 4.88. The first-order valence-corrected chi connectivity index (χ1v) is 9.42. The van der Waals surface area contributed by atoms with Gasteiger partial charge < -0.3 is 15.0 Å². The van der Waals surface area contributed by atoms with Gasteiger partial charge in [-0.2, -0.15) is 0 Å². The van der Waals surface area contributed by atoms with Gasteiger partial charge in [0.05, 0.1) is 12.5 Å². The van der Waals surface area contributed by atoms with Gasteiger partial charge in [0.25, 0.3) is 0 Å². The molecule has 1 aliphatic heterocycles. The molecule has 1 saturated heterocycles. The van der Waals surface area contributed by atoms with Crippen molar-refractivity contribution in [2.24, 2.45) is 11.3 Å². The van der Waals surface area contributed by atoms with Gasteiger partial charge in [0, 0.05) is 34.6 Å². The van der Waals surface area contributed by atoms with Gasteiger partial charge in [-0.3, -0.25) is 4.79 Å². The number of ether oxygens (including phenoxy) is 1. The van der Waals surface area contributed by atoms with Crippen LogP contribution in [-0.2, 0) is 16.0 Å². The average molecular weight is 338 g/mol. The molecule has 2 saturated carbocycles. The number of rotatable bonds is 3. The lowest BCUT2D eigenvalue weighted by Gasteiger charge is -2.56. The summed E-state index contributed by atoms with van der Waals surface area (Å²) >= 11 is 6.67. The van der Waals surface area contributed by atoms with Gasteiger partial charge in [-0.05, 0) is 38.4 Å². The van der Waals surface area contributed by atoms with Crippen LogP contribution in [0.3, 0.4) is 0 Å². The molecule has 1 aromatic rings. The van der Waals surface area contributed by atoms with Crippen molar-refractivity contribution >= 4 is 29.5 Å². The molecule has 3 aliphatic rings. The molecule has 4 rings (SSSR count). The predicted molar refractivity (Wildman–Crippen MR) is 88.6 cm³/mol. The highest BCUT2D eigenvalue weighted by Crippen LogP contribution is 2.60. The molecule has 3 fully saturated rings. The topological polar surface area (TPSA) is 54.1 Å². The van der Waals surface area contributed by atoms with Crippen molar-refractivity contribution < 1.29 is 9.53 Å². The first-order chi connectivity index (χ1) is 10.6. The number of thiazole rings is 1. The van der Waals surface area contributed by atoms with Crippen molar-refractivity contribution in [1.82, 2.24) is 10.3 Å². The van der Waals surface area contributed by atoms with Gasteiger partial charge >= 0.3 is 0 Å². The molecule has 2 aliphatic carbocycles. The normalized spacial score (nSPS) is 32.0. The van der Waals surface area contributed by atoms with Gasteiger partial charge in [0.2, 0.25) is 5.91 Å². The van der Waals surface area contributed by atoms with Gasteiger partial charge in [0.1, 0.15) is 0 Å². The lowest BCUT2D eigenvalue weighted by molar-refractivity contribution is -0.145. The zero-order valence-corrected chi connectivity index (χ0v) is 14.4. The van der Waals surface area contributed by atoms with Crippen LogP contribution in [0.1, 0.15) is 42.7 Å². The summed E-state index contributed by atoms with van der Waals surface area (Å²) in [6.45, 7) is 2.85. The maximum absolute atomic E-state index is 12.5. The number of nitrogens with one attached hydrogen (secondary N) is 2. The Morgan fingerprint density at radius 1 is 1.50 bits per heavy atom. The largest absolute Gasteiger partial charge is 0.377 e. The Morgan fingerprint density at radius 3 is 2.95 bits per heavy atom. The second-order valence-corrected chi connectivity index (χ2v) is 8.74. The highest BCUT2D eigenvalue weighted by molar-refractivity contribution is 7.73. The Labute approximate surface area is 139 Å². The predicted octanol–water partition coefficient (Wildman–Crippen LogP) is 3.12. The first-order valence-electron chi connectivity index (χ1n) is 8.20. The summed E-state index contributed by atoms with van der Waals surface area (Å²) < 4.78 is 6.72. The summed E-state index contributed by atoms with van der Waals surface area (Å²) in [6, 6.07) is 0.321. The quantitative estimate of drug-likeness (QED) is 0.833. The molecule has 0 unspecified atom stereocenters. The molecular weight excluding hydrogens is 316 g/mol. The Kier molecular flexibility index (Phi) is 3.66. The van der Waals surface area contributed by atoms with Crippen molar-refractivity contribution in [3.05, 3.63) is 14.5 Å². The molecule has 2 heterocycles. The molecule has 0 radical (unpaired) electrons. The van der Waals surface area contributed by atoms with E-state index in [1.807, 2.05) is 6.92 Å². The van der Waals surface area contributed by atoms with Crippen molar-refractivity contribution in [1.29, 1.82) is 0 Å². The van der Waals surface area contributed by atoms with Crippen LogP contribution in [0, 0.1) is 22.2 Å². The number of aromatic amines is 1. The zero-order chi connectivity index (χ0) is 15.3. The summed E-state index contributed by atoms with van der Waals surface area (Å²) in [5, 5.41) is 3.35. The molecule has 3 atom stereocenters. The molecular formula is C16H22N2O2S2. The zero-order valence-electron chi connectivity index (χ0n) is 12.8. The molecule has 22 heavy (non-hydrogen) atoms. The lowest BCUT2D eigenvalue weighted by atomic mass is 9.54. The average Bonchev–Trinajstić information content (AvgIpc) is 3.16. The molecule has 0 aromatic carbocycles. The van der Waals surface area contributed by atoms with Crippen LogP contribution in [-0.4, -0.2) is 29.6 Å². The first kappa shape index (κ1) is 14.8. The highest BCUT2D eigenvalue weighted by Gasteiger charge is 2.65. The summed E-state index contributed by atoms with van der Waals surface area (Å²) in [5.41, 5.74) is 1.26. The number of H-pyrrole nitrogens is 1. The fraction of sp³-hybridized carbons (Fsp3) is 0.750. The SMILES string of the molecule is Cc1[nH]c(=S)sc1CC(=O)N[C@@H]1[C@H]2CCO[C@@H]2C12CCCC2. The number of carbonyl (C=O) groups excluding carboxylic acids is 1. The van der Waals surface area contributed by atoms with Crippen LogP contribution in [0.4, 0.5) is 0 Å². The number of aryl methyl sites for hydroxylation is 1. The summed E-state index contributed by atoms with van der Waals surface area (Å²) in [4.78, 5) is 16.7. The Hall–Kier alpha value is -0.720. The number of hydrogen-bond donors (Lipinski definition) is 2. The van der Waals surface area contributed by atoms with Crippen LogP contribution in [0.5, 0.6) is 0 Å². The van der Waals surface area contributed by atoms with Crippen LogP contribution >= 0.6 is 23.6 Å². The number of fused-ring (bicyclic) bond motifs is 2. The maximum Gasteiger partial charge on any atom is 0.225 e. The van der Waals surface area contributed by atoms with Crippen LogP contribution < -0.4 is 5.32 Å². The Balaban J connectivity index is 1.47. The molecule has 6 heteroatoms. The number of amides is 1. The van der Waals surface area contributed by atoms with E-state index in [-0.39, 0.29) is 11.3 Å². The minimum Gasteiger partial charge on any atom is -0.377 e. The summed E-state index contributed by atoms with van der Waals surface area (Å²) in [5.74, 6) is 0.669. The standard InChI is InChI=1S/C16H22N2O2S2/c1-9-11(22-15(21)17-9)8-12(19)18-13-10-4-7-20-14(10)16(13)5-2-3-6-16/h10,13-14H,2-8H2,1H3,(H,17,21)(H,18,19)/t10-,13-,14+/m1/s1. The van der Waals surface area contributed by atoms with E-state index >= 15 is 0 Å². The lowest BCUT2D eigenvalue weighted by Crippen LogP contribution is -2.68. The molecule has 1 amide bonds. The molecule has 0 bridgehead atoms. The van der Waals surface area contributed by atoms with Crippen LogP contribution in [0.15, 0.2) is 0 Å². The monoisotopic (exact) mass is 338 g/mol. The third-order valence-corrected chi connectivity index (χ3v) is 7.18. The summed E-state index contributed by atoms with van der Waals surface area (Å²) in [7, 11) is 0. The Morgan fingerprint density at radius 2 is 2.27 bits per heavy atom.